The third kappa shape index (κ3) is 6.77. The van der Waals surface area contributed by atoms with Crippen LogP contribution < -0.4 is 16.1 Å². The molecule has 0 saturated heterocycles. The van der Waals surface area contributed by atoms with E-state index in [-0.39, 0.29) is 0 Å². The van der Waals surface area contributed by atoms with Crippen molar-refractivity contribution in [3.05, 3.63) is 35.9 Å². The average molecular weight is 243 g/mol. The van der Waals surface area contributed by atoms with E-state index >= 15 is 0 Å². The van der Waals surface area contributed by atoms with Crippen LogP contribution in [-0.2, 0) is 18.2 Å². The fourth-order valence-corrected chi connectivity index (χ4v) is 2.13. The lowest BCUT2D eigenvalue weighted by Gasteiger charge is -2.11. The van der Waals surface area contributed by atoms with Crippen molar-refractivity contribution in [2.45, 2.75) is 19.3 Å². The van der Waals surface area contributed by atoms with Crippen molar-refractivity contribution < 1.29 is 0 Å². The first kappa shape index (κ1) is 12.8. The van der Waals surface area contributed by atoms with Crippen LogP contribution in [0.3, 0.4) is 0 Å². The largest absolute Gasteiger partial charge is 0.280 e. The van der Waals surface area contributed by atoms with Crippen LogP contribution in [0.25, 0.3) is 0 Å². The third-order valence-electron chi connectivity index (χ3n) is 2.09. The highest BCUT2D eigenvalue weighted by molar-refractivity contribution is 8.11. The normalized spacial score (nSPS) is 11.6. The number of hydrogen-bond donors (Lipinski definition) is 3. The molecular formula is C10H18N3PS. The Morgan fingerprint density at radius 3 is 2.40 bits per heavy atom. The molecule has 84 valence electrons. The highest BCUT2D eigenvalue weighted by Crippen LogP contribution is 2.17. The first-order valence-corrected chi connectivity index (χ1v) is 7.98. The minimum Gasteiger partial charge on any atom is -0.280 e. The van der Waals surface area contributed by atoms with E-state index in [0.717, 1.165) is 25.8 Å². The summed E-state index contributed by atoms with van der Waals surface area (Å²) in [7, 11) is 0. The Morgan fingerprint density at radius 1 is 1.13 bits per heavy atom. The van der Waals surface area contributed by atoms with E-state index in [4.69, 9.17) is 22.8 Å². The average Bonchev–Trinajstić information content (AvgIpc) is 2.17. The zero-order valence-corrected chi connectivity index (χ0v) is 10.4. The van der Waals surface area contributed by atoms with E-state index in [2.05, 4.69) is 29.4 Å². The van der Waals surface area contributed by atoms with Crippen molar-refractivity contribution in [1.82, 2.24) is 5.09 Å². The minimum absolute atomic E-state index is 0.817. The highest BCUT2D eigenvalue weighted by Gasteiger charge is 1.99. The van der Waals surface area contributed by atoms with Crippen molar-refractivity contribution >= 4 is 18.3 Å². The van der Waals surface area contributed by atoms with Gasteiger partial charge < -0.3 is 0 Å². The molecule has 1 aromatic rings. The minimum atomic E-state index is -2.19. The van der Waals surface area contributed by atoms with Crippen LogP contribution in [0.15, 0.2) is 30.3 Å². The van der Waals surface area contributed by atoms with Crippen LogP contribution in [0, 0.1) is 0 Å². The second-order valence-corrected chi connectivity index (χ2v) is 7.11. The molecule has 5 N–H and O–H groups in total. The van der Waals surface area contributed by atoms with Crippen molar-refractivity contribution in [2.75, 3.05) is 6.54 Å². The van der Waals surface area contributed by atoms with Crippen LogP contribution in [-0.4, -0.2) is 6.54 Å². The van der Waals surface area contributed by atoms with Gasteiger partial charge in [0, 0.05) is 6.54 Å². The fraction of sp³-hybridized carbons (Fsp3) is 0.400. The molecule has 15 heavy (non-hydrogen) atoms. The maximum atomic E-state index is 5.52. The predicted molar refractivity (Wildman–Crippen MR) is 70.0 cm³/mol. The van der Waals surface area contributed by atoms with Gasteiger partial charge in [-0.2, -0.15) is 0 Å². The van der Waals surface area contributed by atoms with E-state index in [1.807, 2.05) is 6.07 Å². The van der Waals surface area contributed by atoms with E-state index in [1.54, 1.807) is 0 Å². The molecule has 0 atom stereocenters. The van der Waals surface area contributed by atoms with Gasteiger partial charge in [0.25, 0.3) is 0 Å². The molecule has 0 bridgehead atoms. The summed E-state index contributed by atoms with van der Waals surface area (Å²) in [6.45, 7) is -1.38. The van der Waals surface area contributed by atoms with Crippen molar-refractivity contribution in [1.29, 1.82) is 0 Å². The van der Waals surface area contributed by atoms with E-state index in [9.17, 15) is 0 Å². The summed E-state index contributed by atoms with van der Waals surface area (Å²) in [5, 5.41) is 2.99. The zero-order chi connectivity index (χ0) is 11.1. The summed E-state index contributed by atoms with van der Waals surface area (Å²) in [4.78, 5) is 0. The Balaban J connectivity index is 2.10. The third-order valence-corrected chi connectivity index (χ3v) is 3.20. The molecule has 0 saturated carbocycles. The molecule has 1 rings (SSSR count). The lowest BCUT2D eigenvalue weighted by molar-refractivity contribution is 0.719. The van der Waals surface area contributed by atoms with E-state index < -0.39 is 6.49 Å². The molecule has 0 fully saturated rings. The first-order valence-electron chi connectivity index (χ1n) is 5.04. The SMILES string of the molecule is NP(N)(=S)NCCCCc1ccccc1. The molecule has 0 radical (unpaired) electrons. The molecule has 3 nitrogen and oxygen atoms in total. The van der Waals surface area contributed by atoms with Gasteiger partial charge in [0.05, 0.1) is 0 Å². The molecular weight excluding hydrogens is 225 g/mol. The lowest BCUT2D eigenvalue weighted by atomic mass is 10.1. The van der Waals surface area contributed by atoms with E-state index in [0.29, 0.717) is 0 Å². The van der Waals surface area contributed by atoms with Gasteiger partial charge in [-0.15, -0.1) is 0 Å². The molecule has 0 spiro atoms. The Morgan fingerprint density at radius 2 is 1.80 bits per heavy atom. The molecule has 0 aliphatic carbocycles. The molecule has 0 aliphatic heterocycles. The number of benzene rings is 1. The van der Waals surface area contributed by atoms with Gasteiger partial charge in [-0.05, 0) is 36.6 Å². The van der Waals surface area contributed by atoms with Crippen molar-refractivity contribution in [3.8, 4) is 0 Å². The van der Waals surface area contributed by atoms with E-state index in [1.165, 1.54) is 5.56 Å². The van der Waals surface area contributed by atoms with Gasteiger partial charge in [0.1, 0.15) is 6.49 Å². The molecule has 0 aliphatic rings. The lowest BCUT2D eigenvalue weighted by Crippen LogP contribution is -2.22. The summed E-state index contributed by atoms with van der Waals surface area (Å²) in [5.74, 6) is 0. The summed E-state index contributed by atoms with van der Waals surface area (Å²) in [6.07, 6.45) is 3.29. The monoisotopic (exact) mass is 243 g/mol. The van der Waals surface area contributed by atoms with Gasteiger partial charge in [0.15, 0.2) is 0 Å². The number of nitrogens with two attached hydrogens (primary N) is 2. The second kappa shape index (κ2) is 6.36. The number of unbranched alkanes of at least 4 members (excludes halogenated alkanes) is 1. The van der Waals surface area contributed by atoms with Crippen molar-refractivity contribution in [2.24, 2.45) is 11.0 Å². The van der Waals surface area contributed by atoms with Crippen LogP contribution in [0.4, 0.5) is 0 Å². The number of hydrogen-bond acceptors (Lipinski definition) is 1. The zero-order valence-electron chi connectivity index (χ0n) is 8.73. The maximum Gasteiger partial charge on any atom is 0.132 e. The topological polar surface area (TPSA) is 64.1 Å². The molecule has 0 amide bonds. The number of rotatable bonds is 6. The summed E-state index contributed by atoms with van der Waals surface area (Å²) >= 11 is 4.88. The molecule has 5 heteroatoms. The molecule has 1 aromatic carbocycles. The van der Waals surface area contributed by atoms with Gasteiger partial charge in [0.2, 0.25) is 0 Å². The van der Waals surface area contributed by atoms with Crippen LogP contribution in [0.1, 0.15) is 18.4 Å². The summed E-state index contributed by atoms with van der Waals surface area (Å²) in [5.41, 5.74) is 12.4. The Labute approximate surface area is 96.4 Å². The van der Waals surface area contributed by atoms with Crippen LogP contribution in [0.5, 0.6) is 0 Å². The van der Waals surface area contributed by atoms with Gasteiger partial charge >= 0.3 is 0 Å². The quantitative estimate of drug-likeness (QED) is 0.526. The van der Waals surface area contributed by atoms with Gasteiger partial charge in [-0.1, -0.05) is 30.3 Å². The maximum absolute atomic E-state index is 5.52. The molecule has 0 aromatic heterocycles. The predicted octanol–water partition coefficient (Wildman–Crippen LogP) is 1.74. The molecule has 0 heterocycles. The standard InChI is InChI=1S/C10H18N3PS/c11-14(12,15)13-9-5-4-8-10-6-2-1-3-7-10/h1-3,6-7H,4-5,8-9H2,(H5,11,12,13,15). The Hall–Kier alpha value is -0.250. The number of aryl methyl sites for hydroxylation is 1. The van der Waals surface area contributed by atoms with Crippen LogP contribution >= 0.6 is 6.49 Å². The fourth-order valence-electron chi connectivity index (χ4n) is 1.35. The highest BCUT2D eigenvalue weighted by atomic mass is 32.4. The molecule has 0 unspecified atom stereocenters. The van der Waals surface area contributed by atoms with Gasteiger partial charge in [-0.25, -0.2) is 0 Å². The first-order chi connectivity index (χ1) is 7.08. The smallest absolute Gasteiger partial charge is 0.132 e. The van der Waals surface area contributed by atoms with Gasteiger partial charge in [-0.3, -0.25) is 16.1 Å². The summed E-state index contributed by atoms with van der Waals surface area (Å²) in [6, 6.07) is 10.4. The second-order valence-electron chi connectivity index (χ2n) is 3.56. The van der Waals surface area contributed by atoms with Crippen molar-refractivity contribution in [3.63, 3.8) is 0 Å². The Bertz CT molecular complexity index is 323. The Kier molecular flexibility index (Phi) is 5.43. The number of nitrogens with one attached hydrogen (secondary N) is 1. The summed E-state index contributed by atoms with van der Waals surface area (Å²) < 4.78 is 0. The van der Waals surface area contributed by atoms with Crippen LogP contribution in [0.2, 0.25) is 0 Å².